The molecular weight excluding hydrogens is 316 g/mol. The topological polar surface area (TPSA) is 84.7 Å². The first kappa shape index (κ1) is 16.2. The van der Waals surface area contributed by atoms with Crippen LogP contribution in [0.1, 0.15) is 46.7 Å². The van der Waals surface area contributed by atoms with Crippen LogP contribution < -0.4 is 10.6 Å². The number of nitrogens with one attached hydrogen (secondary N) is 2. The van der Waals surface area contributed by atoms with E-state index in [0.717, 1.165) is 43.7 Å². The summed E-state index contributed by atoms with van der Waals surface area (Å²) in [5.74, 6) is 0.453. The maximum atomic E-state index is 12.7. The van der Waals surface area contributed by atoms with Crippen molar-refractivity contribution in [2.24, 2.45) is 5.41 Å². The first-order valence-electron chi connectivity index (χ1n) is 8.87. The number of hydrogen-bond donors (Lipinski definition) is 2. The minimum absolute atomic E-state index is 0.0477. The third kappa shape index (κ3) is 3.04. The van der Waals surface area contributed by atoms with E-state index in [2.05, 4.69) is 25.7 Å². The Bertz CT molecular complexity index is 801. The Labute approximate surface area is 147 Å². The highest BCUT2D eigenvalue weighted by molar-refractivity contribution is 5.95. The number of hydrogen-bond acceptors (Lipinski definition) is 5. The van der Waals surface area contributed by atoms with Crippen LogP contribution in [-0.2, 0) is 0 Å². The van der Waals surface area contributed by atoms with E-state index in [1.165, 1.54) is 0 Å². The van der Waals surface area contributed by atoms with E-state index >= 15 is 0 Å². The average Bonchev–Trinajstić information content (AvgIpc) is 3.03. The van der Waals surface area contributed by atoms with E-state index in [0.29, 0.717) is 28.7 Å². The van der Waals surface area contributed by atoms with Gasteiger partial charge in [0.2, 0.25) is 0 Å². The summed E-state index contributed by atoms with van der Waals surface area (Å²) in [5.41, 5.74) is 3.38. The Morgan fingerprint density at radius 1 is 1.24 bits per heavy atom. The molecule has 1 saturated heterocycles. The second-order valence-corrected chi connectivity index (χ2v) is 7.37. The van der Waals surface area contributed by atoms with Crippen molar-refractivity contribution in [2.45, 2.75) is 46.1 Å². The van der Waals surface area contributed by atoms with Gasteiger partial charge in [-0.3, -0.25) is 4.79 Å². The lowest BCUT2D eigenvalue weighted by molar-refractivity contribution is 0.0942. The van der Waals surface area contributed by atoms with Gasteiger partial charge in [0.1, 0.15) is 0 Å². The predicted molar refractivity (Wildman–Crippen MR) is 93.8 cm³/mol. The van der Waals surface area contributed by atoms with Crippen LogP contribution in [0.4, 0.5) is 0 Å². The molecule has 1 atom stereocenters. The van der Waals surface area contributed by atoms with Gasteiger partial charge in [-0.05, 0) is 64.6 Å². The third-order valence-electron chi connectivity index (χ3n) is 5.41. The number of carbonyl (C=O) groups is 1. The molecule has 1 spiro atoms. The first-order valence-corrected chi connectivity index (χ1v) is 8.87. The van der Waals surface area contributed by atoms with E-state index in [1.807, 2.05) is 26.8 Å². The minimum atomic E-state index is -0.0477. The third-order valence-corrected chi connectivity index (χ3v) is 5.41. The summed E-state index contributed by atoms with van der Waals surface area (Å²) in [6.45, 7) is 7.80. The number of piperidine rings is 1. The highest BCUT2D eigenvalue weighted by atomic mass is 16.1. The summed E-state index contributed by atoms with van der Waals surface area (Å²) in [6, 6.07) is 2.21. The van der Waals surface area contributed by atoms with Crippen LogP contribution in [0.3, 0.4) is 0 Å². The highest BCUT2D eigenvalue weighted by Crippen LogP contribution is 2.52. The van der Waals surface area contributed by atoms with Crippen LogP contribution >= 0.6 is 0 Å². The number of amides is 1. The van der Waals surface area contributed by atoms with Crippen molar-refractivity contribution in [1.82, 2.24) is 30.4 Å². The lowest BCUT2D eigenvalue weighted by atomic mass is 9.94. The molecule has 2 N–H and O–H groups in total. The monoisotopic (exact) mass is 340 g/mol. The minimum Gasteiger partial charge on any atom is -0.349 e. The molecule has 0 bridgehead atoms. The molecule has 7 heteroatoms. The van der Waals surface area contributed by atoms with Gasteiger partial charge < -0.3 is 10.6 Å². The number of carbonyl (C=O) groups excluding carboxylic acids is 1. The largest absolute Gasteiger partial charge is 0.349 e. The number of rotatable bonds is 3. The normalized spacial score (nSPS) is 21.3. The molecule has 2 fully saturated rings. The predicted octanol–water partition coefficient (Wildman–Crippen LogP) is 1.46. The van der Waals surface area contributed by atoms with Crippen LogP contribution in [-0.4, -0.2) is 44.8 Å². The fraction of sp³-hybridized carbons (Fsp3) is 0.556. The van der Waals surface area contributed by atoms with Crippen LogP contribution in [0, 0.1) is 26.2 Å². The maximum Gasteiger partial charge on any atom is 0.255 e. The van der Waals surface area contributed by atoms with Crippen molar-refractivity contribution in [2.75, 3.05) is 13.1 Å². The van der Waals surface area contributed by atoms with Crippen molar-refractivity contribution in [1.29, 1.82) is 0 Å². The molecule has 1 saturated carbocycles. The lowest BCUT2D eigenvalue weighted by Gasteiger charge is -2.23. The second-order valence-electron chi connectivity index (χ2n) is 7.37. The van der Waals surface area contributed by atoms with E-state index in [9.17, 15) is 4.79 Å². The van der Waals surface area contributed by atoms with Gasteiger partial charge in [0.15, 0.2) is 0 Å². The van der Waals surface area contributed by atoms with Gasteiger partial charge in [-0.15, -0.1) is 0 Å². The highest BCUT2D eigenvalue weighted by Gasteiger charge is 2.54. The van der Waals surface area contributed by atoms with E-state index in [4.69, 9.17) is 0 Å². The zero-order chi connectivity index (χ0) is 17.6. The fourth-order valence-electron chi connectivity index (χ4n) is 3.86. The van der Waals surface area contributed by atoms with Crippen molar-refractivity contribution >= 4 is 5.91 Å². The molecule has 1 unspecified atom stereocenters. The molecule has 1 aliphatic heterocycles. The van der Waals surface area contributed by atoms with E-state index in [1.54, 1.807) is 10.9 Å². The number of nitrogens with zero attached hydrogens (tertiary/aromatic N) is 4. The lowest BCUT2D eigenvalue weighted by Crippen LogP contribution is -2.36. The molecule has 3 heterocycles. The van der Waals surface area contributed by atoms with Gasteiger partial charge in [0, 0.05) is 23.6 Å². The molecule has 1 aliphatic carbocycles. The van der Waals surface area contributed by atoms with Gasteiger partial charge in [0.25, 0.3) is 11.9 Å². The molecule has 0 aromatic carbocycles. The molecule has 2 aliphatic rings. The molecule has 0 radical (unpaired) electrons. The van der Waals surface area contributed by atoms with Crippen molar-refractivity contribution in [3.05, 3.63) is 34.9 Å². The Morgan fingerprint density at radius 3 is 2.60 bits per heavy atom. The maximum absolute atomic E-state index is 12.7. The Hall–Kier alpha value is -2.28. The zero-order valence-electron chi connectivity index (χ0n) is 15.0. The zero-order valence-corrected chi connectivity index (χ0v) is 15.0. The quantitative estimate of drug-likeness (QED) is 0.884. The SMILES string of the molecule is Cc1cc(C)nc(-n2cc(C(=O)NC3CC34CCNCC4)c(C)n2)n1. The molecule has 132 valence electrons. The van der Waals surface area contributed by atoms with E-state index in [-0.39, 0.29) is 5.91 Å². The summed E-state index contributed by atoms with van der Waals surface area (Å²) >= 11 is 0. The summed E-state index contributed by atoms with van der Waals surface area (Å²) in [4.78, 5) is 21.5. The van der Waals surface area contributed by atoms with Gasteiger partial charge in [-0.2, -0.15) is 5.10 Å². The van der Waals surface area contributed by atoms with Gasteiger partial charge in [-0.1, -0.05) is 0 Å². The van der Waals surface area contributed by atoms with Crippen LogP contribution in [0.5, 0.6) is 0 Å². The first-order chi connectivity index (χ1) is 12.0. The second kappa shape index (κ2) is 5.91. The molecule has 1 amide bonds. The average molecular weight is 340 g/mol. The van der Waals surface area contributed by atoms with Crippen molar-refractivity contribution < 1.29 is 4.79 Å². The molecule has 2 aromatic rings. The van der Waals surface area contributed by atoms with Crippen LogP contribution in [0.15, 0.2) is 12.3 Å². The van der Waals surface area contributed by atoms with Crippen molar-refractivity contribution in [3.63, 3.8) is 0 Å². The summed E-state index contributed by atoms with van der Waals surface area (Å²) in [5, 5.41) is 11.0. The number of aryl methyl sites for hydroxylation is 3. The number of aromatic nitrogens is 4. The molecular formula is C18H24N6O. The molecule has 7 nitrogen and oxygen atoms in total. The summed E-state index contributed by atoms with van der Waals surface area (Å²) in [7, 11) is 0. The van der Waals surface area contributed by atoms with Gasteiger partial charge in [-0.25, -0.2) is 14.6 Å². The van der Waals surface area contributed by atoms with Crippen molar-refractivity contribution in [3.8, 4) is 5.95 Å². The Morgan fingerprint density at radius 2 is 1.92 bits per heavy atom. The van der Waals surface area contributed by atoms with E-state index < -0.39 is 0 Å². The van der Waals surface area contributed by atoms with Crippen LogP contribution in [0.25, 0.3) is 5.95 Å². The Balaban J connectivity index is 1.51. The smallest absolute Gasteiger partial charge is 0.255 e. The molecule has 4 rings (SSSR count). The van der Waals surface area contributed by atoms with Gasteiger partial charge >= 0.3 is 0 Å². The standard InChI is InChI=1S/C18H24N6O/c1-11-8-12(2)21-17(20-11)24-10-14(13(3)23-24)16(25)22-15-9-18(15)4-6-19-7-5-18/h8,10,15,19H,4-7,9H2,1-3H3,(H,22,25). The van der Waals surface area contributed by atoms with Crippen LogP contribution in [0.2, 0.25) is 0 Å². The Kier molecular flexibility index (Phi) is 3.83. The molecule has 25 heavy (non-hydrogen) atoms. The molecule has 2 aromatic heterocycles. The fourth-order valence-corrected chi connectivity index (χ4v) is 3.86. The summed E-state index contributed by atoms with van der Waals surface area (Å²) in [6.07, 6.45) is 5.11. The van der Waals surface area contributed by atoms with Gasteiger partial charge in [0.05, 0.1) is 11.3 Å². The summed E-state index contributed by atoms with van der Waals surface area (Å²) < 4.78 is 1.59.